The molecule has 0 bridgehead atoms. The summed E-state index contributed by atoms with van der Waals surface area (Å²) in [6.07, 6.45) is 0. The van der Waals surface area contributed by atoms with E-state index in [4.69, 9.17) is 0 Å². The highest BCUT2D eigenvalue weighted by Gasteiger charge is 2.46. The normalized spacial score (nSPS) is 16.7. The van der Waals surface area contributed by atoms with E-state index in [1.807, 2.05) is 91.8 Å². The molecule has 0 atom stereocenters. The zero-order chi connectivity index (χ0) is 21.3. The number of hydrogen-bond acceptors (Lipinski definition) is 4. The number of ketones is 2. The molecule has 3 aromatic rings. The average molecular weight is 404 g/mol. The van der Waals surface area contributed by atoms with Gasteiger partial charge >= 0.3 is 0 Å². The summed E-state index contributed by atoms with van der Waals surface area (Å²) in [6.45, 7) is 0. The van der Waals surface area contributed by atoms with Gasteiger partial charge in [-0.25, -0.2) is 0 Å². The molecule has 0 saturated carbocycles. The van der Waals surface area contributed by atoms with Gasteiger partial charge in [-0.15, -0.1) is 0 Å². The van der Waals surface area contributed by atoms with Gasteiger partial charge in [0.2, 0.25) is 0 Å². The van der Waals surface area contributed by atoms with Gasteiger partial charge in [0.05, 0.1) is 11.4 Å². The molecule has 4 heteroatoms. The average Bonchev–Trinajstić information content (AvgIpc) is 3.25. The number of nitrogens with one attached hydrogen (secondary N) is 1. The van der Waals surface area contributed by atoms with Gasteiger partial charge < -0.3 is 10.2 Å². The third kappa shape index (κ3) is 2.36. The van der Waals surface area contributed by atoms with E-state index >= 15 is 0 Å². The standard InChI is InChI=1S/C27H20N2O2/c1-29(2)16-13-11-15(12-14-16)21-22-24(17-7-3-5-9-19(17)26(22)30)28-25-18-8-4-6-10-20(18)27(31)23(21)25/h3-14,21,28H,1-2H3. The SMILES string of the molecule is CN(C)c1ccc(C2C3=C(NC4=C2C(=O)c2ccccc24)c2ccccc2C3=O)cc1. The van der Waals surface area contributed by atoms with Gasteiger partial charge in [-0.3, -0.25) is 9.59 Å². The highest BCUT2D eigenvalue weighted by Crippen LogP contribution is 2.51. The molecule has 1 N–H and O–H groups in total. The number of allylic oxidation sites excluding steroid dienone is 2. The minimum absolute atomic E-state index is 0.00454. The quantitative estimate of drug-likeness (QED) is 0.675. The van der Waals surface area contributed by atoms with Crippen LogP contribution in [0.5, 0.6) is 0 Å². The van der Waals surface area contributed by atoms with Crippen LogP contribution in [0.4, 0.5) is 5.69 Å². The van der Waals surface area contributed by atoms with Crippen LogP contribution in [0.15, 0.2) is 83.9 Å². The van der Waals surface area contributed by atoms with Crippen LogP contribution in [-0.2, 0) is 0 Å². The summed E-state index contributed by atoms with van der Waals surface area (Å²) >= 11 is 0. The van der Waals surface area contributed by atoms with Gasteiger partial charge in [-0.2, -0.15) is 0 Å². The first kappa shape index (κ1) is 17.9. The second-order valence-corrected chi connectivity index (χ2v) is 8.37. The molecule has 31 heavy (non-hydrogen) atoms. The molecule has 3 aliphatic rings. The Bertz CT molecular complexity index is 1280. The molecule has 0 radical (unpaired) electrons. The molecule has 0 fully saturated rings. The smallest absolute Gasteiger partial charge is 0.192 e. The lowest BCUT2D eigenvalue weighted by molar-refractivity contribution is 0.102. The lowest BCUT2D eigenvalue weighted by Crippen LogP contribution is -2.25. The summed E-state index contributed by atoms with van der Waals surface area (Å²) in [5.41, 5.74) is 8.20. The van der Waals surface area contributed by atoms with Crippen LogP contribution in [0, 0.1) is 0 Å². The van der Waals surface area contributed by atoms with Crippen LogP contribution in [0.1, 0.15) is 43.3 Å². The minimum Gasteiger partial charge on any atom is -0.378 e. The van der Waals surface area contributed by atoms with E-state index in [0.29, 0.717) is 22.3 Å². The van der Waals surface area contributed by atoms with Crippen LogP contribution in [-0.4, -0.2) is 25.7 Å². The number of fused-ring (bicyclic) bond motifs is 4. The molecule has 0 amide bonds. The summed E-state index contributed by atoms with van der Waals surface area (Å²) in [5, 5.41) is 3.49. The van der Waals surface area contributed by atoms with Crippen molar-refractivity contribution < 1.29 is 9.59 Å². The third-order valence-electron chi connectivity index (χ3n) is 6.48. The Hall–Kier alpha value is -3.92. The first-order chi connectivity index (χ1) is 15.1. The summed E-state index contributed by atoms with van der Waals surface area (Å²) < 4.78 is 0. The molecule has 0 saturated heterocycles. The van der Waals surface area contributed by atoms with E-state index in [1.54, 1.807) is 0 Å². The second-order valence-electron chi connectivity index (χ2n) is 8.37. The molecule has 1 aliphatic heterocycles. The Morgan fingerprint density at radius 3 is 1.55 bits per heavy atom. The zero-order valence-corrected chi connectivity index (χ0v) is 17.3. The predicted octanol–water partition coefficient (Wildman–Crippen LogP) is 4.65. The number of anilines is 1. The molecule has 6 rings (SSSR count). The highest BCUT2D eigenvalue weighted by molar-refractivity contribution is 6.29. The van der Waals surface area contributed by atoms with Crippen LogP contribution in [0.2, 0.25) is 0 Å². The van der Waals surface area contributed by atoms with Gasteiger partial charge in [0.25, 0.3) is 0 Å². The molecule has 0 aromatic heterocycles. The van der Waals surface area contributed by atoms with Crippen LogP contribution < -0.4 is 10.2 Å². The Balaban J connectivity index is 1.60. The minimum atomic E-state index is -0.401. The lowest BCUT2D eigenvalue weighted by Gasteiger charge is -2.28. The van der Waals surface area contributed by atoms with Crippen molar-refractivity contribution in [3.63, 3.8) is 0 Å². The molecule has 0 spiro atoms. The van der Waals surface area contributed by atoms with Gasteiger partial charge in [-0.1, -0.05) is 60.7 Å². The van der Waals surface area contributed by atoms with Crippen molar-refractivity contribution in [1.29, 1.82) is 0 Å². The van der Waals surface area contributed by atoms with E-state index in [2.05, 4.69) is 5.32 Å². The lowest BCUT2D eigenvalue weighted by atomic mass is 9.79. The molecule has 3 aromatic carbocycles. The highest BCUT2D eigenvalue weighted by atomic mass is 16.1. The monoisotopic (exact) mass is 404 g/mol. The van der Waals surface area contributed by atoms with E-state index < -0.39 is 5.92 Å². The number of rotatable bonds is 2. The number of nitrogens with zero attached hydrogens (tertiary/aromatic N) is 1. The van der Waals surface area contributed by atoms with E-state index in [-0.39, 0.29) is 11.6 Å². The van der Waals surface area contributed by atoms with E-state index in [0.717, 1.165) is 33.8 Å². The Labute approximate surface area is 180 Å². The third-order valence-corrected chi connectivity index (χ3v) is 6.48. The van der Waals surface area contributed by atoms with Gasteiger partial charge in [0, 0.05) is 59.1 Å². The van der Waals surface area contributed by atoms with Crippen molar-refractivity contribution in [2.24, 2.45) is 0 Å². The molecule has 0 unspecified atom stereocenters. The fourth-order valence-corrected chi connectivity index (χ4v) is 4.99. The van der Waals surface area contributed by atoms with Crippen LogP contribution in [0.3, 0.4) is 0 Å². The van der Waals surface area contributed by atoms with Crippen LogP contribution >= 0.6 is 0 Å². The summed E-state index contributed by atoms with van der Waals surface area (Å²) in [6, 6.07) is 23.5. The Kier molecular flexibility index (Phi) is 3.63. The van der Waals surface area contributed by atoms with E-state index in [9.17, 15) is 9.59 Å². The number of carbonyl (C=O) groups is 2. The summed E-state index contributed by atoms with van der Waals surface area (Å²) in [5.74, 6) is -0.410. The fourth-order valence-electron chi connectivity index (χ4n) is 4.99. The molecule has 4 nitrogen and oxygen atoms in total. The number of Topliss-reactive ketones (excluding diaryl/α,β-unsaturated/α-hetero) is 2. The van der Waals surface area contributed by atoms with Crippen LogP contribution in [0.25, 0.3) is 11.4 Å². The fraction of sp³-hybridized carbons (Fsp3) is 0.111. The van der Waals surface area contributed by atoms with Crippen molar-refractivity contribution in [2.75, 3.05) is 19.0 Å². The van der Waals surface area contributed by atoms with E-state index in [1.165, 1.54) is 0 Å². The molecule has 2 aliphatic carbocycles. The number of carbonyl (C=O) groups excluding carboxylic acids is 2. The Morgan fingerprint density at radius 2 is 1.10 bits per heavy atom. The maximum Gasteiger partial charge on any atom is 0.192 e. The van der Waals surface area contributed by atoms with Gasteiger partial charge in [-0.05, 0) is 17.7 Å². The largest absolute Gasteiger partial charge is 0.378 e. The Morgan fingerprint density at radius 1 is 0.645 bits per heavy atom. The van der Waals surface area contributed by atoms with Crippen molar-refractivity contribution in [1.82, 2.24) is 5.32 Å². The maximum absolute atomic E-state index is 13.5. The van der Waals surface area contributed by atoms with Gasteiger partial charge in [0.1, 0.15) is 0 Å². The first-order valence-corrected chi connectivity index (χ1v) is 10.4. The topological polar surface area (TPSA) is 49.4 Å². The second kappa shape index (κ2) is 6.29. The summed E-state index contributed by atoms with van der Waals surface area (Å²) in [7, 11) is 3.99. The zero-order valence-electron chi connectivity index (χ0n) is 17.3. The first-order valence-electron chi connectivity index (χ1n) is 10.4. The number of hydrogen-bond donors (Lipinski definition) is 1. The molecule has 1 heterocycles. The summed E-state index contributed by atoms with van der Waals surface area (Å²) in [4.78, 5) is 29.1. The van der Waals surface area contributed by atoms with Crippen molar-refractivity contribution in [3.05, 3.63) is 112 Å². The van der Waals surface area contributed by atoms with Crippen molar-refractivity contribution >= 4 is 28.6 Å². The van der Waals surface area contributed by atoms with Crippen molar-refractivity contribution in [3.8, 4) is 0 Å². The maximum atomic E-state index is 13.5. The predicted molar refractivity (Wildman–Crippen MR) is 122 cm³/mol. The number of dihydropyridines is 1. The van der Waals surface area contributed by atoms with Crippen molar-refractivity contribution in [2.45, 2.75) is 5.92 Å². The molecular formula is C27H20N2O2. The van der Waals surface area contributed by atoms with Gasteiger partial charge in [0.15, 0.2) is 11.6 Å². The molecular weight excluding hydrogens is 384 g/mol. The molecule has 150 valence electrons. The number of benzene rings is 3.